The molecule has 3 fully saturated rings. The van der Waals surface area contributed by atoms with Crippen LogP contribution in [0.1, 0.15) is 58.9 Å². The standard InChI is InChI=1S/C32H44N2O6/c1-7-10-19-39-29(38)25-24-27(36)34(23(21-35)20-22-14-12-11-13-15-22)26(28(37)33(18-8-2)30(4,5)6)32(24)17-16-31(25,9-3)40-32/h7-8,11-15,23-26,35H,1-2,9-10,16-21H2,3-6H3/t23-,24+,25+,26?,31-,32?/m1/s1. The second-order valence-electron chi connectivity index (χ2n) is 12.3. The zero-order chi connectivity index (χ0) is 29.3. The Balaban J connectivity index is 1.83. The van der Waals surface area contributed by atoms with Gasteiger partial charge in [-0.3, -0.25) is 14.4 Å². The normalized spacial score (nSPS) is 29.7. The van der Waals surface area contributed by atoms with Gasteiger partial charge in [-0.1, -0.05) is 49.4 Å². The molecule has 0 radical (unpaired) electrons. The molecule has 0 aliphatic carbocycles. The smallest absolute Gasteiger partial charge is 0.312 e. The van der Waals surface area contributed by atoms with E-state index in [-0.39, 0.29) is 31.6 Å². The van der Waals surface area contributed by atoms with Gasteiger partial charge < -0.3 is 24.4 Å². The van der Waals surface area contributed by atoms with Gasteiger partial charge in [0.25, 0.3) is 0 Å². The number of amides is 2. The van der Waals surface area contributed by atoms with Crippen LogP contribution in [0.15, 0.2) is 55.6 Å². The molecule has 1 N–H and O–H groups in total. The third-order valence-electron chi connectivity index (χ3n) is 8.98. The van der Waals surface area contributed by atoms with Crippen molar-refractivity contribution in [1.82, 2.24) is 9.80 Å². The Morgan fingerprint density at radius 2 is 1.93 bits per heavy atom. The monoisotopic (exact) mass is 552 g/mol. The lowest BCUT2D eigenvalue weighted by molar-refractivity contribution is -0.164. The van der Waals surface area contributed by atoms with E-state index >= 15 is 0 Å². The highest BCUT2D eigenvalue weighted by molar-refractivity contribution is 5.99. The molecule has 8 heteroatoms. The van der Waals surface area contributed by atoms with E-state index < -0.39 is 46.6 Å². The van der Waals surface area contributed by atoms with Crippen LogP contribution in [0, 0.1) is 11.8 Å². The van der Waals surface area contributed by atoms with Crippen LogP contribution >= 0.6 is 0 Å². The minimum atomic E-state index is -1.19. The Morgan fingerprint density at radius 1 is 1.23 bits per heavy atom. The third kappa shape index (κ3) is 4.90. The molecular formula is C32H44N2O6. The number of aliphatic hydroxyl groups excluding tert-OH is 1. The van der Waals surface area contributed by atoms with Crippen molar-refractivity contribution < 1.29 is 29.0 Å². The first-order chi connectivity index (χ1) is 19.0. The Bertz CT molecular complexity index is 1130. The average Bonchev–Trinajstić information content (AvgIpc) is 3.53. The van der Waals surface area contributed by atoms with Crippen LogP contribution in [-0.2, 0) is 30.3 Å². The molecule has 3 saturated heterocycles. The highest BCUT2D eigenvalue weighted by Gasteiger charge is 2.79. The molecule has 3 aliphatic rings. The lowest BCUT2D eigenvalue weighted by Crippen LogP contribution is -2.62. The SMILES string of the molecule is C=CCCOC(=O)[C@@H]1[C@H]2C(=O)N([C@@H](CO)Cc3ccccc3)C(C(=O)N(CC=C)C(C)(C)C)C23CC[C@@]1(CC)O3. The summed E-state index contributed by atoms with van der Waals surface area (Å²) >= 11 is 0. The van der Waals surface area contributed by atoms with Crippen molar-refractivity contribution in [2.24, 2.45) is 11.8 Å². The van der Waals surface area contributed by atoms with Gasteiger partial charge in [0.2, 0.25) is 11.8 Å². The van der Waals surface area contributed by atoms with Gasteiger partial charge in [0.1, 0.15) is 17.6 Å². The summed E-state index contributed by atoms with van der Waals surface area (Å²) in [5.74, 6) is -2.77. The Morgan fingerprint density at radius 3 is 2.50 bits per heavy atom. The van der Waals surface area contributed by atoms with Crippen LogP contribution < -0.4 is 0 Å². The fraction of sp³-hybridized carbons (Fsp3) is 0.594. The van der Waals surface area contributed by atoms with Crippen molar-refractivity contribution in [2.75, 3.05) is 19.8 Å². The minimum Gasteiger partial charge on any atom is -0.465 e. The molecule has 1 aromatic rings. The van der Waals surface area contributed by atoms with Gasteiger partial charge in [-0.25, -0.2) is 0 Å². The third-order valence-corrected chi connectivity index (χ3v) is 8.98. The van der Waals surface area contributed by atoms with Crippen molar-refractivity contribution in [3.05, 3.63) is 61.2 Å². The van der Waals surface area contributed by atoms with Crippen LogP contribution in [0.4, 0.5) is 0 Å². The maximum atomic E-state index is 14.6. The Hall–Kier alpha value is -2.97. The number of carbonyl (C=O) groups excluding carboxylic acids is 3. The summed E-state index contributed by atoms with van der Waals surface area (Å²) in [6.45, 7) is 15.5. The number of aliphatic hydroxyl groups is 1. The number of ether oxygens (including phenoxy) is 2. The number of rotatable bonds is 12. The molecule has 0 saturated carbocycles. The van der Waals surface area contributed by atoms with Gasteiger partial charge in [-0.15, -0.1) is 13.2 Å². The van der Waals surface area contributed by atoms with Crippen LogP contribution in [0.25, 0.3) is 0 Å². The van der Waals surface area contributed by atoms with E-state index in [0.29, 0.717) is 32.1 Å². The van der Waals surface area contributed by atoms with E-state index in [1.165, 1.54) is 4.90 Å². The number of nitrogens with zero attached hydrogens (tertiary/aromatic N) is 2. The molecule has 8 nitrogen and oxygen atoms in total. The van der Waals surface area contributed by atoms with Crippen molar-refractivity contribution in [2.45, 2.75) is 88.6 Å². The van der Waals surface area contributed by atoms with E-state index in [2.05, 4.69) is 13.2 Å². The molecule has 2 unspecified atom stereocenters. The maximum Gasteiger partial charge on any atom is 0.312 e. The first-order valence-electron chi connectivity index (χ1n) is 14.4. The predicted octanol–water partition coefficient (Wildman–Crippen LogP) is 3.68. The zero-order valence-electron chi connectivity index (χ0n) is 24.3. The van der Waals surface area contributed by atoms with Gasteiger partial charge in [0.15, 0.2) is 0 Å². The molecule has 2 bridgehead atoms. The molecule has 4 rings (SSSR count). The molecule has 0 aromatic heterocycles. The van der Waals surface area contributed by atoms with E-state index in [4.69, 9.17) is 9.47 Å². The number of hydrogen-bond donors (Lipinski definition) is 1. The van der Waals surface area contributed by atoms with E-state index in [0.717, 1.165) is 5.56 Å². The topological polar surface area (TPSA) is 96.4 Å². The number of fused-ring (bicyclic) bond motifs is 1. The lowest BCUT2D eigenvalue weighted by atomic mass is 9.65. The number of likely N-dealkylation sites (tertiary alicyclic amines) is 1. The fourth-order valence-corrected chi connectivity index (χ4v) is 7.13. The lowest BCUT2D eigenvalue weighted by Gasteiger charge is -2.43. The molecule has 1 spiro atoms. The van der Waals surface area contributed by atoms with Gasteiger partial charge in [-0.2, -0.15) is 0 Å². The van der Waals surface area contributed by atoms with Crippen LogP contribution in [-0.4, -0.2) is 81.3 Å². The quantitative estimate of drug-likeness (QED) is 0.242. The highest BCUT2D eigenvalue weighted by Crippen LogP contribution is 2.65. The van der Waals surface area contributed by atoms with Gasteiger partial charge in [-0.05, 0) is 58.4 Å². The van der Waals surface area contributed by atoms with Gasteiger partial charge >= 0.3 is 5.97 Å². The summed E-state index contributed by atoms with van der Waals surface area (Å²) < 4.78 is 12.5. The minimum absolute atomic E-state index is 0.170. The summed E-state index contributed by atoms with van der Waals surface area (Å²) in [4.78, 5) is 46.0. The second kappa shape index (κ2) is 11.5. The number of benzene rings is 1. The molecule has 3 aliphatic heterocycles. The first kappa shape index (κ1) is 30.0. The Kier molecular flexibility index (Phi) is 8.62. The number of esters is 1. The summed E-state index contributed by atoms with van der Waals surface area (Å²) in [5.41, 5.74) is -1.70. The molecule has 2 amide bonds. The average molecular weight is 553 g/mol. The maximum absolute atomic E-state index is 14.6. The number of carbonyl (C=O) groups is 3. The molecular weight excluding hydrogens is 508 g/mol. The van der Waals surface area contributed by atoms with E-state index in [1.54, 1.807) is 17.1 Å². The highest BCUT2D eigenvalue weighted by atomic mass is 16.6. The van der Waals surface area contributed by atoms with Crippen molar-refractivity contribution in [3.63, 3.8) is 0 Å². The summed E-state index contributed by atoms with van der Waals surface area (Å²) in [7, 11) is 0. The van der Waals surface area contributed by atoms with E-state index in [1.807, 2.05) is 58.0 Å². The molecule has 40 heavy (non-hydrogen) atoms. The second-order valence-corrected chi connectivity index (χ2v) is 12.3. The van der Waals surface area contributed by atoms with Crippen LogP contribution in [0.2, 0.25) is 0 Å². The van der Waals surface area contributed by atoms with Crippen molar-refractivity contribution in [3.8, 4) is 0 Å². The van der Waals surface area contributed by atoms with Crippen molar-refractivity contribution >= 4 is 17.8 Å². The molecule has 218 valence electrons. The zero-order valence-corrected chi connectivity index (χ0v) is 24.3. The van der Waals surface area contributed by atoms with Crippen LogP contribution in [0.3, 0.4) is 0 Å². The molecule has 6 atom stereocenters. The van der Waals surface area contributed by atoms with E-state index in [9.17, 15) is 19.5 Å². The summed E-state index contributed by atoms with van der Waals surface area (Å²) in [6, 6.07) is 7.92. The van der Waals surface area contributed by atoms with Crippen LogP contribution in [0.5, 0.6) is 0 Å². The molecule has 3 heterocycles. The largest absolute Gasteiger partial charge is 0.465 e. The predicted molar refractivity (Wildman–Crippen MR) is 152 cm³/mol. The first-order valence-corrected chi connectivity index (χ1v) is 14.4. The molecule has 1 aromatic carbocycles. The Labute approximate surface area is 238 Å². The fourth-order valence-electron chi connectivity index (χ4n) is 7.13. The summed E-state index contributed by atoms with van der Waals surface area (Å²) in [6.07, 6.45) is 5.74. The van der Waals surface area contributed by atoms with Gasteiger partial charge in [0.05, 0.1) is 30.8 Å². The summed E-state index contributed by atoms with van der Waals surface area (Å²) in [5, 5.41) is 10.6. The number of hydrogen-bond acceptors (Lipinski definition) is 6. The van der Waals surface area contributed by atoms with Crippen molar-refractivity contribution in [1.29, 1.82) is 0 Å². The van der Waals surface area contributed by atoms with Gasteiger partial charge in [0, 0.05) is 12.1 Å².